The van der Waals surface area contributed by atoms with Crippen LogP contribution in [0.3, 0.4) is 0 Å². The van der Waals surface area contributed by atoms with Gasteiger partial charge in [-0.1, -0.05) is 65.5 Å². The number of aliphatic hydroxyl groups excluding tert-OH is 1. The highest BCUT2D eigenvalue weighted by Gasteiger charge is 2.59. The van der Waals surface area contributed by atoms with Crippen molar-refractivity contribution >= 4 is 0 Å². The van der Waals surface area contributed by atoms with E-state index >= 15 is 0 Å². The number of rotatable bonds is 5. The Morgan fingerprint density at radius 3 is 2.54 bits per heavy atom. The minimum absolute atomic E-state index is 0.0766. The molecule has 1 N–H and O–H groups in total. The summed E-state index contributed by atoms with van der Waals surface area (Å²) in [5.74, 6) is 5.46. The first kappa shape index (κ1) is 21.0. The van der Waals surface area contributed by atoms with E-state index in [-0.39, 0.29) is 6.10 Å². The highest BCUT2D eigenvalue weighted by atomic mass is 16.3. The maximum Gasteiger partial charge on any atom is 0.0577 e. The Morgan fingerprint density at radius 1 is 1.00 bits per heavy atom. The van der Waals surface area contributed by atoms with Crippen LogP contribution < -0.4 is 0 Å². The predicted octanol–water partition coefficient (Wildman–Crippen LogP) is 7.39. The van der Waals surface area contributed by atoms with Gasteiger partial charge in [0.05, 0.1) is 6.10 Å². The first-order chi connectivity index (χ1) is 13.3. The number of aliphatic hydroxyl groups is 1. The topological polar surface area (TPSA) is 20.2 Å². The third kappa shape index (κ3) is 3.42. The molecule has 4 rings (SSSR count). The van der Waals surface area contributed by atoms with Gasteiger partial charge in [-0.05, 0) is 97.7 Å². The molecule has 1 heteroatoms. The lowest BCUT2D eigenvalue weighted by Crippen LogP contribution is -2.50. The molecule has 0 aromatic rings. The van der Waals surface area contributed by atoms with Crippen molar-refractivity contribution in [1.29, 1.82) is 0 Å². The molecular formula is C27H46O. The largest absolute Gasteiger partial charge is 0.393 e. The fourth-order valence-electron chi connectivity index (χ4n) is 8.67. The van der Waals surface area contributed by atoms with Crippen molar-refractivity contribution in [3.8, 4) is 0 Å². The zero-order valence-corrected chi connectivity index (χ0v) is 19.3. The van der Waals surface area contributed by atoms with E-state index in [1.54, 1.807) is 5.57 Å². The van der Waals surface area contributed by atoms with Crippen LogP contribution in [0.25, 0.3) is 0 Å². The Kier molecular flexibility index (Phi) is 5.80. The van der Waals surface area contributed by atoms with E-state index in [0.717, 1.165) is 48.3 Å². The van der Waals surface area contributed by atoms with Crippen LogP contribution in [0, 0.1) is 46.3 Å². The van der Waals surface area contributed by atoms with E-state index in [9.17, 15) is 5.11 Å². The monoisotopic (exact) mass is 387 g/mol. The Balaban J connectivity index is 1.49. The van der Waals surface area contributed by atoms with Crippen LogP contribution in [0.15, 0.2) is 11.6 Å². The fourth-order valence-corrected chi connectivity index (χ4v) is 8.67. The summed E-state index contributed by atoms with van der Waals surface area (Å²) in [5.41, 5.74) is 2.60. The standard InChI is InChI=1S/C27H46O/c1-18(2)7-6-8-19(3)23-11-12-24-22-10-9-20-17-21(28)13-15-26(20,4)25(22)14-16-27(23,24)5/h9,18-19,21-25,28H,6-8,10-17H2,1-5H3/t19-,21+,22+,23-,24+,25+,26+,27-/m1/s1/i1+1/t18-,19+,21-,22-,23+,24-,25-,26-,27+/m0. The molecule has 3 fully saturated rings. The summed E-state index contributed by atoms with van der Waals surface area (Å²) in [5, 5.41) is 10.2. The normalized spacial score (nSPS) is 47.5. The molecule has 0 amide bonds. The molecule has 0 aliphatic heterocycles. The van der Waals surface area contributed by atoms with Gasteiger partial charge in [0.2, 0.25) is 0 Å². The van der Waals surface area contributed by atoms with Gasteiger partial charge in [0, 0.05) is 0 Å². The van der Waals surface area contributed by atoms with Gasteiger partial charge in [0.1, 0.15) is 0 Å². The van der Waals surface area contributed by atoms with E-state index in [4.69, 9.17) is 0 Å². The molecule has 4 aliphatic rings. The van der Waals surface area contributed by atoms with Crippen molar-refractivity contribution in [1.82, 2.24) is 0 Å². The van der Waals surface area contributed by atoms with Crippen molar-refractivity contribution in [3.63, 3.8) is 0 Å². The zero-order valence-electron chi connectivity index (χ0n) is 19.3. The second kappa shape index (κ2) is 7.75. The molecule has 0 radical (unpaired) electrons. The Labute approximate surface area is 174 Å². The molecule has 9 atom stereocenters. The third-order valence-corrected chi connectivity index (χ3v) is 10.3. The van der Waals surface area contributed by atoms with E-state index in [0.29, 0.717) is 10.8 Å². The Hall–Kier alpha value is -0.300. The lowest BCUT2D eigenvalue weighted by Gasteiger charge is -2.58. The van der Waals surface area contributed by atoms with Crippen LogP contribution in [-0.4, -0.2) is 11.2 Å². The highest BCUT2D eigenvalue weighted by molar-refractivity contribution is 5.25. The quantitative estimate of drug-likeness (QED) is 0.385. The lowest BCUT2D eigenvalue weighted by atomic mass is 9.47. The van der Waals surface area contributed by atoms with Crippen molar-refractivity contribution in [3.05, 3.63) is 11.6 Å². The molecule has 1 nitrogen and oxygen atoms in total. The molecule has 0 aromatic heterocycles. The van der Waals surface area contributed by atoms with Crippen LogP contribution in [0.4, 0.5) is 0 Å². The number of hydrogen-bond acceptors (Lipinski definition) is 1. The first-order valence-electron chi connectivity index (χ1n) is 12.6. The van der Waals surface area contributed by atoms with E-state index in [1.807, 2.05) is 0 Å². The van der Waals surface area contributed by atoms with Crippen molar-refractivity contribution in [2.45, 2.75) is 111 Å². The predicted molar refractivity (Wildman–Crippen MR) is 119 cm³/mol. The molecule has 0 unspecified atom stereocenters. The summed E-state index contributed by atoms with van der Waals surface area (Å²) in [7, 11) is 0. The van der Waals surface area contributed by atoms with E-state index in [1.165, 1.54) is 57.8 Å². The second-order valence-corrected chi connectivity index (χ2v) is 12.2. The maximum atomic E-state index is 10.2. The summed E-state index contributed by atoms with van der Waals surface area (Å²) in [6.45, 7) is 12.6. The molecule has 4 aliphatic carbocycles. The molecule has 160 valence electrons. The molecule has 28 heavy (non-hydrogen) atoms. The smallest absolute Gasteiger partial charge is 0.0577 e. The second-order valence-electron chi connectivity index (χ2n) is 12.2. The average molecular weight is 388 g/mol. The number of allylic oxidation sites excluding steroid dienone is 1. The van der Waals surface area contributed by atoms with E-state index in [2.05, 4.69) is 40.7 Å². The van der Waals surface area contributed by atoms with Crippen LogP contribution in [0.5, 0.6) is 0 Å². The molecule has 0 bridgehead atoms. The van der Waals surface area contributed by atoms with Gasteiger partial charge < -0.3 is 5.11 Å². The van der Waals surface area contributed by atoms with E-state index < -0.39 is 0 Å². The molecule has 0 heterocycles. The van der Waals surface area contributed by atoms with Gasteiger partial charge in [-0.2, -0.15) is 0 Å². The average Bonchev–Trinajstić information content (AvgIpc) is 2.99. The zero-order chi connectivity index (χ0) is 20.1. The number of hydrogen-bond donors (Lipinski definition) is 1. The molecule has 0 aromatic carbocycles. The molecule has 0 spiro atoms. The SMILES string of the molecule is C[C@H]([13CH3])CCC[C@@H](C)[C@H]1CC[C@H]2[C@@H]3CC=C4C[C@@H](O)CC[C@]4(C)[C@H]3CC[C@]12C. The third-order valence-electron chi connectivity index (χ3n) is 10.3. The summed E-state index contributed by atoms with van der Waals surface area (Å²) in [6.07, 6.45) is 17.2. The summed E-state index contributed by atoms with van der Waals surface area (Å²) in [6, 6.07) is 0. The van der Waals surface area contributed by atoms with Crippen LogP contribution in [0.1, 0.15) is 105 Å². The van der Waals surface area contributed by atoms with Gasteiger partial charge >= 0.3 is 0 Å². The van der Waals surface area contributed by atoms with Gasteiger partial charge in [-0.3, -0.25) is 0 Å². The van der Waals surface area contributed by atoms with Crippen molar-refractivity contribution in [2.24, 2.45) is 46.3 Å². The Morgan fingerprint density at radius 2 is 1.79 bits per heavy atom. The van der Waals surface area contributed by atoms with Gasteiger partial charge in [-0.25, -0.2) is 0 Å². The molecular weight excluding hydrogens is 341 g/mol. The van der Waals surface area contributed by atoms with Gasteiger partial charge in [0.25, 0.3) is 0 Å². The van der Waals surface area contributed by atoms with Crippen LogP contribution in [-0.2, 0) is 0 Å². The summed E-state index contributed by atoms with van der Waals surface area (Å²) >= 11 is 0. The highest BCUT2D eigenvalue weighted by Crippen LogP contribution is 2.67. The maximum absolute atomic E-state index is 10.2. The fraction of sp³-hybridized carbons (Fsp3) is 0.926. The van der Waals surface area contributed by atoms with Crippen molar-refractivity contribution < 1.29 is 5.11 Å². The summed E-state index contributed by atoms with van der Waals surface area (Å²) < 4.78 is 0. The van der Waals surface area contributed by atoms with Crippen molar-refractivity contribution in [2.75, 3.05) is 0 Å². The Bertz CT molecular complexity index is 591. The minimum atomic E-state index is -0.0766. The van der Waals surface area contributed by atoms with Gasteiger partial charge in [-0.15, -0.1) is 0 Å². The number of fused-ring (bicyclic) bond motifs is 5. The van der Waals surface area contributed by atoms with Crippen LogP contribution in [0.2, 0.25) is 0 Å². The summed E-state index contributed by atoms with van der Waals surface area (Å²) in [4.78, 5) is 0. The minimum Gasteiger partial charge on any atom is -0.393 e. The van der Waals surface area contributed by atoms with Crippen LogP contribution >= 0.6 is 0 Å². The molecule has 3 saturated carbocycles. The lowest BCUT2D eigenvalue weighted by molar-refractivity contribution is -0.0573. The van der Waals surface area contributed by atoms with Gasteiger partial charge in [0.15, 0.2) is 0 Å². The first-order valence-corrected chi connectivity index (χ1v) is 12.6. The molecule has 0 saturated heterocycles.